The molecule has 0 radical (unpaired) electrons. The molecule has 8 nitrogen and oxygen atoms in total. The number of nitrogens with zero attached hydrogens (tertiary/aromatic N) is 2. The lowest BCUT2D eigenvalue weighted by Crippen LogP contribution is -2.21. The summed E-state index contributed by atoms with van der Waals surface area (Å²) in [6.07, 6.45) is 2.93. The van der Waals surface area contributed by atoms with Crippen molar-refractivity contribution in [2.75, 3.05) is 14.2 Å². The quantitative estimate of drug-likeness (QED) is 0.421. The molecular formula is C17H22N4O4S. The Bertz CT molecular complexity index is 787. The number of guanidine groups is 1. The van der Waals surface area contributed by atoms with Crippen LogP contribution in [0.3, 0.4) is 0 Å². The summed E-state index contributed by atoms with van der Waals surface area (Å²) in [6, 6.07) is 6.13. The second-order valence-corrected chi connectivity index (χ2v) is 6.62. The van der Waals surface area contributed by atoms with E-state index >= 15 is 0 Å². The lowest BCUT2D eigenvalue weighted by atomic mass is 9.85. The van der Waals surface area contributed by atoms with E-state index < -0.39 is 0 Å². The standard InChI is InChI=1S/C16H20N4O2S.CH2O2/c1-21-12-6-4-9(7-13(12)22-2)10-3-5-11-14(8-10)23-16(19-11)20-15(17)18;2-1-3/h4,6-7,10H,3,5,8H2,1-2H3,(H4,17,18,19,20);1H,(H,2,3)/t10-;/m1./s1. The summed E-state index contributed by atoms with van der Waals surface area (Å²) >= 11 is 1.57. The van der Waals surface area contributed by atoms with E-state index in [4.69, 9.17) is 30.8 Å². The molecule has 1 heterocycles. The molecule has 3 rings (SSSR count). The van der Waals surface area contributed by atoms with Crippen LogP contribution >= 0.6 is 11.3 Å². The van der Waals surface area contributed by atoms with Gasteiger partial charge in [-0.1, -0.05) is 17.4 Å². The molecule has 0 spiro atoms. The Morgan fingerprint density at radius 3 is 2.65 bits per heavy atom. The maximum atomic E-state index is 8.36. The highest BCUT2D eigenvalue weighted by atomic mass is 32.1. The highest BCUT2D eigenvalue weighted by Gasteiger charge is 2.24. The van der Waals surface area contributed by atoms with Gasteiger partial charge < -0.3 is 26.0 Å². The van der Waals surface area contributed by atoms with Crippen molar-refractivity contribution < 1.29 is 19.4 Å². The zero-order valence-electron chi connectivity index (χ0n) is 14.6. The summed E-state index contributed by atoms with van der Waals surface area (Å²) in [4.78, 5) is 18.2. The minimum absolute atomic E-state index is 0.0486. The zero-order chi connectivity index (χ0) is 19.1. The predicted molar refractivity (Wildman–Crippen MR) is 101 cm³/mol. The van der Waals surface area contributed by atoms with E-state index in [9.17, 15) is 0 Å². The van der Waals surface area contributed by atoms with Crippen LogP contribution in [0.4, 0.5) is 5.13 Å². The number of carbonyl (C=O) groups is 1. The molecule has 0 fully saturated rings. The Balaban J connectivity index is 0.000000758. The van der Waals surface area contributed by atoms with Crippen molar-refractivity contribution in [1.82, 2.24) is 4.98 Å². The van der Waals surface area contributed by atoms with Crippen LogP contribution in [0.15, 0.2) is 23.2 Å². The van der Waals surface area contributed by atoms with Gasteiger partial charge in [0.2, 0.25) is 5.13 Å². The maximum absolute atomic E-state index is 8.36. The average molecular weight is 378 g/mol. The summed E-state index contributed by atoms with van der Waals surface area (Å²) in [5.74, 6) is 2.00. The van der Waals surface area contributed by atoms with Crippen LogP contribution in [0.5, 0.6) is 11.5 Å². The van der Waals surface area contributed by atoms with Crippen molar-refractivity contribution in [1.29, 1.82) is 0 Å². The number of hydrogen-bond donors (Lipinski definition) is 3. The minimum Gasteiger partial charge on any atom is -0.493 e. The number of aliphatic imine (C=N–C) groups is 1. The predicted octanol–water partition coefficient (Wildman–Crippen LogP) is 2.04. The highest BCUT2D eigenvalue weighted by molar-refractivity contribution is 7.15. The molecule has 0 amide bonds. The van der Waals surface area contributed by atoms with E-state index in [1.807, 2.05) is 6.07 Å². The van der Waals surface area contributed by atoms with Crippen molar-refractivity contribution in [3.63, 3.8) is 0 Å². The Hall–Kier alpha value is -2.81. The number of methoxy groups -OCH3 is 2. The first-order valence-corrected chi connectivity index (χ1v) is 8.72. The fourth-order valence-electron chi connectivity index (χ4n) is 2.91. The van der Waals surface area contributed by atoms with Crippen LogP contribution in [0.2, 0.25) is 0 Å². The van der Waals surface area contributed by atoms with Gasteiger partial charge in [-0.15, -0.1) is 0 Å². The van der Waals surface area contributed by atoms with Crippen molar-refractivity contribution in [3.8, 4) is 11.5 Å². The van der Waals surface area contributed by atoms with Gasteiger partial charge in [0.15, 0.2) is 17.5 Å². The number of aryl methyl sites for hydroxylation is 1. The molecule has 2 aromatic rings. The normalized spacial score (nSPS) is 15.1. The summed E-state index contributed by atoms with van der Waals surface area (Å²) in [7, 11) is 3.30. The molecule has 1 aromatic heterocycles. The second-order valence-electron chi connectivity index (χ2n) is 5.56. The molecule has 0 aliphatic heterocycles. The molecule has 5 N–H and O–H groups in total. The summed E-state index contributed by atoms with van der Waals surface area (Å²) in [6.45, 7) is -0.250. The largest absolute Gasteiger partial charge is 0.493 e. The fourth-order valence-corrected chi connectivity index (χ4v) is 3.99. The molecule has 1 aliphatic rings. The van der Waals surface area contributed by atoms with Gasteiger partial charge in [0.25, 0.3) is 6.47 Å². The Kier molecular flexibility index (Phi) is 6.79. The first-order chi connectivity index (χ1) is 12.5. The molecule has 0 saturated heterocycles. The summed E-state index contributed by atoms with van der Waals surface area (Å²) in [5.41, 5.74) is 13.2. The van der Waals surface area contributed by atoms with Gasteiger partial charge in [0.1, 0.15) is 0 Å². The first-order valence-electron chi connectivity index (χ1n) is 7.90. The molecule has 140 valence electrons. The van der Waals surface area contributed by atoms with Gasteiger partial charge in [0, 0.05) is 4.88 Å². The van der Waals surface area contributed by atoms with Gasteiger partial charge in [-0.3, -0.25) is 4.79 Å². The molecule has 1 aliphatic carbocycles. The van der Waals surface area contributed by atoms with Crippen molar-refractivity contribution >= 4 is 28.9 Å². The topological polar surface area (TPSA) is 133 Å². The molecule has 0 saturated carbocycles. The number of aromatic nitrogens is 1. The van der Waals surface area contributed by atoms with Crippen molar-refractivity contribution in [2.45, 2.75) is 25.2 Å². The van der Waals surface area contributed by atoms with Crippen LogP contribution < -0.4 is 20.9 Å². The molecular weight excluding hydrogens is 356 g/mol. The second kappa shape index (κ2) is 9.04. The number of nitrogens with two attached hydrogens (primary N) is 2. The van der Waals surface area contributed by atoms with Crippen LogP contribution in [0, 0.1) is 0 Å². The molecule has 1 aromatic carbocycles. The fraction of sp³-hybridized carbons (Fsp3) is 0.353. The number of rotatable bonds is 4. The smallest absolute Gasteiger partial charge is 0.290 e. The van der Waals surface area contributed by atoms with E-state index in [2.05, 4.69) is 22.1 Å². The number of carboxylic acid groups (broad SMARTS) is 1. The van der Waals surface area contributed by atoms with Crippen LogP contribution in [-0.4, -0.2) is 36.7 Å². The van der Waals surface area contributed by atoms with E-state index in [-0.39, 0.29) is 12.4 Å². The van der Waals surface area contributed by atoms with E-state index in [0.29, 0.717) is 11.0 Å². The summed E-state index contributed by atoms with van der Waals surface area (Å²) in [5, 5.41) is 7.53. The molecule has 26 heavy (non-hydrogen) atoms. The third-order valence-corrected chi connectivity index (χ3v) is 5.05. The SMILES string of the molecule is COc1ccc([C@@H]2CCc3nc(N=C(N)N)sc3C2)cc1OC.O=CO. The van der Waals surface area contributed by atoms with Gasteiger partial charge >= 0.3 is 0 Å². The Labute approximate surface area is 155 Å². The van der Waals surface area contributed by atoms with Crippen LogP contribution in [0.25, 0.3) is 0 Å². The molecule has 1 atom stereocenters. The lowest BCUT2D eigenvalue weighted by molar-refractivity contribution is -0.122. The van der Waals surface area contributed by atoms with Crippen molar-refractivity contribution in [3.05, 3.63) is 34.3 Å². The summed E-state index contributed by atoms with van der Waals surface area (Å²) < 4.78 is 10.7. The van der Waals surface area contributed by atoms with Crippen LogP contribution in [-0.2, 0) is 17.6 Å². The number of benzene rings is 1. The van der Waals surface area contributed by atoms with Gasteiger partial charge in [0.05, 0.1) is 19.9 Å². The van der Waals surface area contributed by atoms with E-state index in [1.54, 1.807) is 25.6 Å². The van der Waals surface area contributed by atoms with Gasteiger partial charge in [-0.2, -0.15) is 4.99 Å². The van der Waals surface area contributed by atoms with E-state index in [0.717, 1.165) is 36.5 Å². The highest BCUT2D eigenvalue weighted by Crippen LogP contribution is 2.39. The van der Waals surface area contributed by atoms with Gasteiger partial charge in [-0.25, -0.2) is 4.98 Å². The van der Waals surface area contributed by atoms with Gasteiger partial charge in [-0.05, 0) is 42.9 Å². The minimum atomic E-state index is -0.250. The Morgan fingerprint density at radius 1 is 1.35 bits per heavy atom. The lowest BCUT2D eigenvalue weighted by Gasteiger charge is -2.22. The van der Waals surface area contributed by atoms with E-state index in [1.165, 1.54) is 10.4 Å². The third kappa shape index (κ3) is 4.63. The number of hydrogen-bond acceptors (Lipinski definition) is 6. The Morgan fingerprint density at radius 2 is 2.04 bits per heavy atom. The van der Waals surface area contributed by atoms with Crippen LogP contribution in [0.1, 0.15) is 28.5 Å². The molecule has 0 bridgehead atoms. The van der Waals surface area contributed by atoms with Crippen molar-refractivity contribution in [2.24, 2.45) is 16.5 Å². The first kappa shape index (κ1) is 19.5. The zero-order valence-corrected chi connectivity index (χ0v) is 15.5. The molecule has 0 unspecified atom stereocenters. The average Bonchev–Trinajstić information content (AvgIpc) is 3.02. The molecule has 9 heteroatoms. The number of fused-ring (bicyclic) bond motifs is 1. The number of ether oxygens (including phenoxy) is 2. The maximum Gasteiger partial charge on any atom is 0.290 e. The monoisotopic (exact) mass is 378 g/mol. The number of thiazole rings is 1. The third-order valence-electron chi connectivity index (χ3n) is 4.03.